The number of fused-ring (bicyclic) bond motifs is 5. The standard InChI is InChI=1S/C34H35Cl2FN4O4/c1-33(2,3)45-16-15-41-26-13-14-40-25-12-11-19(31(42)43)17-24(25)39-30(40)27(26)28(22-9-6-10-23(36)29(22)37)34(41,4)32(44)38-21-8-5-7-20(35)18-21/h5-12,17-18,26-28H,13-16H2,1-4H3,(H,38,44)(H,42,43)/t26-,27+,28-,34+/m0/s1. The topological polar surface area (TPSA) is 96.7 Å². The Morgan fingerprint density at radius 2 is 1.89 bits per heavy atom. The number of hydrogen-bond donors (Lipinski definition) is 2. The Morgan fingerprint density at radius 3 is 2.60 bits per heavy atom. The molecule has 4 atom stereocenters. The molecule has 6 rings (SSSR count). The number of carboxylic acid groups (broad SMARTS) is 1. The van der Waals surface area contributed by atoms with Crippen molar-refractivity contribution in [2.75, 3.05) is 18.5 Å². The van der Waals surface area contributed by atoms with Crippen molar-refractivity contribution in [3.63, 3.8) is 0 Å². The summed E-state index contributed by atoms with van der Waals surface area (Å²) in [5.41, 5.74) is 0.600. The summed E-state index contributed by atoms with van der Waals surface area (Å²) in [4.78, 5) is 33.5. The fourth-order valence-corrected chi connectivity index (χ4v) is 7.55. The van der Waals surface area contributed by atoms with Gasteiger partial charge in [0.2, 0.25) is 5.91 Å². The number of imidazole rings is 1. The monoisotopic (exact) mass is 652 g/mol. The number of carbonyl (C=O) groups is 2. The molecule has 0 radical (unpaired) electrons. The number of aryl methyl sites for hydroxylation is 1. The number of carboxylic acids is 1. The number of hydrogen-bond acceptors (Lipinski definition) is 5. The third-order valence-corrected chi connectivity index (χ3v) is 9.60. The van der Waals surface area contributed by atoms with Gasteiger partial charge >= 0.3 is 5.97 Å². The Kier molecular flexibility index (Phi) is 8.18. The summed E-state index contributed by atoms with van der Waals surface area (Å²) in [7, 11) is 0. The van der Waals surface area contributed by atoms with Gasteiger partial charge in [-0.05, 0) is 82.1 Å². The number of halogens is 3. The first-order chi connectivity index (χ1) is 21.3. The lowest BCUT2D eigenvalue weighted by atomic mass is 9.73. The van der Waals surface area contributed by atoms with Crippen LogP contribution in [0.25, 0.3) is 11.0 Å². The number of rotatable bonds is 7. The molecule has 2 aliphatic rings. The van der Waals surface area contributed by atoms with Crippen LogP contribution in [0.15, 0.2) is 60.7 Å². The van der Waals surface area contributed by atoms with Crippen LogP contribution in [0.2, 0.25) is 10.0 Å². The lowest BCUT2D eigenvalue weighted by Gasteiger charge is -2.40. The Hall–Kier alpha value is -3.50. The molecule has 3 heterocycles. The van der Waals surface area contributed by atoms with Crippen LogP contribution in [-0.2, 0) is 16.1 Å². The highest BCUT2D eigenvalue weighted by Crippen LogP contribution is 2.57. The molecule has 0 saturated carbocycles. The maximum Gasteiger partial charge on any atom is 0.335 e. The van der Waals surface area contributed by atoms with Crippen molar-refractivity contribution < 1.29 is 23.8 Å². The second-order valence-electron chi connectivity index (χ2n) is 12.9. The summed E-state index contributed by atoms with van der Waals surface area (Å²) in [5, 5.41) is 13.1. The normalized spacial score (nSPS) is 23.1. The number of anilines is 1. The molecule has 1 saturated heterocycles. The molecule has 0 bridgehead atoms. The molecular weight excluding hydrogens is 618 g/mol. The van der Waals surface area contributed by atoms with Gasteiger partial charge < -0.3 is 19.7 Å². The van der Waals surface area contributed by atoms with E-state index in [9.17, 15) is 14.7 Å². The van der Waals surface area contributed by atoms with E-state index in [1.54, 1.807) is 54.6 Å². The first kappa shape index (κ1) is 31.5. The summed E-state index contributed by atoms with van der Waals surface area (Å²) in [6.07, 6.45) is 0.651. The van der Waals surface area contributed by atoms with Gasteiger partial charge in [-0.2, -0.15) is 0 Å². The summed E-state index contributed by atoms with van der Waals surface area (Å²) in [6, 6.07) is 16.5. The Morgan fingerprint density at radius 1 is 1.13 bits per heavy atom. The van der Waals surface area contributed by atoms with Gasteiger partial charge in [-0.25, -0.2) is 14.2 Å². The maximum absolute atomic E-state index is 16.1. The number of likely N-dealkylation sites (tertiary alicyclic amines) is 1. The van der Waals surface area contributed by atoms with Gasteiger partial charge in [0, 0.05) is 41.7 Å². The summed E-state index contributed by atoms with van der Waals surface area (Å²) in [6.45, 7) is 9.11. The fourth-order valence-electron chi connectivity index (χ4n) is 7.18. The highest BCUT2D eigenvalue weighted by atomic mass is 35.5. The van der Waals surface area contributed by atoms with E-state index in [1.165, 1.54) is 6.07 Å². The number of aromatic nitrogens is 2. The van der Waals surface area contributed by atoms with Gasteiger partial charge in [0.15, 0.2) is 0 Å². The summed E-state index contributed by atoms with van der Waals surface area (Å²) < 4.78 is 24.4. The predicted octanol–water partition coefficient (Wildman–Crippen LogP) is 7.35. The molecular formula is C34H35Cl2FN4O4. The van der Waals surface area contributed by atoms with Crippen molar-refractivity contribution in [2.24, 2.45) is 0 Å². The molecule has 0 aliphatic carbocycles. The number of amides is 1. The van der Waals surface area contributed by atoms with Crippen LogP contribution in [0.5, 0.6) is 0 Å². The van der Waals surface area contributed by atoms with E-state index in [0.29, 0.717) is 53.7 Å². The quantitative estimate of drug-likeness (QED) is 0.217. The second-order valence-corrected chi connectivity index (χ2v) is 13.7. The minimum atomic E-state index is -1.29. The number of nitrogens with one attached hydrogen (secondary N) is 1. The first-order valence-corrected chi connectivity index (χ1v) is 15.7. The largest absolute Gasteiger partial charge is 0.478 e. The van der Waals surface area contributed by atoms with Crippen LogP contribution in [-0.4, -0.2) is 61.8 Å². The Bertz CT molecular complexity index is 1800. The summed E-state index contributed by atoms with van der Waals surface area (Å²) >= 11 is 12.6. The van der Waals surface area contributed by atoms with E-state index < -0.39 is 34.8 Å². The smallest absolute Gasteiger partial charge is 0.335 e. The zero-order valence-corrected chi connectivity index (χ0v) is 27.0. The van der Waals surface area contributed by atoms with Gasteiger partial charge in [-0.15, -0.1) is 0 Å². The highest BCUT2D eigenvalue weighted by Gasteiger charge is 2.63. The third kappa shape index (κ3) is 5.60. The van der Waals surface area contributed by atoms with Crippen LogP contribution in [0.3, 0.4) is 0 Å². The molecule has 4 aromatic rings. The van der Waals surface area contributed by atoms with Crippen molar-refractivity contribution in [3.05, 3.63) is 93.5 Å². The molecule has 1 fully saturated rings. The number of ether oxygens (including phenoxy) is 1. The predicted molar refractivity (Wildman–Crippen MR) is 173 cm³/mol. The van der Waals surface area contributed by atoms with Crippen molar-refractivity contribution in [1.29, 1.82) is 0 Å². The zero-order valence-electron chi connectivity index (χ0n) is 25.5. The Labute approximate surface area is 271 Å². The minimum absolute atomic E-state index is 0.0356. The van der Waals surface area contributed by atoms with Crippen molar-refractivity contribution in [3.8, 4) is 0 Å². The molecule has 1 amide bonds. The van der Waals surface area contributed by atoms with Crippen LogP contribution < -0.4 is 5.32 Å². The van der Waals surface area contributed by atoms with E-state index in [4.69, 9.17) is 32.9 Å². The number of aromatic carboxylic acids is 1. The molecule has 2 N–H and O–H groups in total. The molecule has 2 aliphatic heterocycles. The molecule has 0 spiro atoms. The number of benzene rings is 3. The van der Waals surface area contributed by atoms with E-state index >= 15 is 4.39 Å². The SMILES string of the molecule is CC(C)(C)OCCN1[C@H]2CCn3c(nc4cc(C(=O)O)ccc43)[C@H]2[C@H](c2cccc(Cl)c2F)[C@]1(C)C(=O)Nc1cccc(Cl)c1. The number of carbonyl (C=O) groups excluding carboxylic acids is 1. The maximum atomic E-state index is 16.1. The van der Waals surface area contributed by atoms with Crippen molar-refractivity contribution >= 4 is 51.8 Å². The molecule has 45 heavy (non-hydrogen) atoms. The molecule has 3 aromatic carbocycles. The van der Waals surface area contributed by atoms with Crippen LogP contribution in [0.1, 0.15) is 67.7 Å². The lowest BCUT2D eigenvalue weighted by molar-refractivity contribution is -0.128. The van der Waals surface area contributed by atoms with Crippen molar-refractivity contribution in [1.82, 2.24) is 14.5 Å². The Balaban J connectivity index is 1.55. The van der Waals surface area contributed by atoms with Crippen LogP contribution >= 0.6 is 23.2 Å². The van der Waals surface area contributed by atoms with Gasteiger partial charge in [0.05, 0.1) is 33.8 Å². The second kappa shape index (κ2) is 11.7. The van der Waals surface area contributed by atoms with Gasteiger partial charge in [-0.1, -0.05) is 41.4 Å². The van der Waals surface area contributed by atoms with E-state index in [2.05, 4.69) is 14.8 Å². The fraction of sp³-hybridized carbons (Fsp3) is 0.382. The molecule has 1 aromatic heterocycles. The average molecular weight is 654 g/mol. The van der Waals surface area contributed by atoms with Crippen molar-refractivity contribution in [2.45, 2.75) is 69.7 Å². The summed E-state index contributed by atoms with van der Waals surface area (Å²) in [5.74, 6) is -2.43. The van der Waals surface area contributed by atoms with E-state index in [1.807, 2.05) is 27.7 Å². The lowest BCUT2D eigenvalue weighted by Crippen LogP contribution is -2.56. The van der Waals surface area contributed by atoms with E-state index in [-0.39, 0.29) is 22.5 Å². The average Bonchev–Trinajstić information content (AvgIpc) is 3.47. The number of nitrogens with zero attached hydrogens (tertiary/aromatic N) is 3. The van der Waals surface area contributed by atoms with E-state index in [0.717, 1.165) is 5.52 Å². The van der Waals surface area contributed by atoms with Crippen LogP contribution in [0, 0.1) is 5.82 Å². The minimum Gasteiger partial charge on any atom is -0.478 e. The van der Waals surface area contributed by atoms with Gasteiger partial charge in [0.1, 0.15) is 17.2 Å². The van der Waals surface area contributed by atoms with Gasteiger partial charge in [0.25, 0.3) is 0 Å². The molecule has 8 nitrogen and oxygen atoms in total. The highest BCUT2D eigenvalue weighted by molar-refractivity contribution is 6.31. The molecule has 236 valence electrons. The third-order valence-electron chi connectivity index (χ3n) is 9.07. The van der Waals surface area contributed by atoms with Crippen LogP contribution in [0.4, 0.5) is 10.1 Å². The first-order valence-electron chi connectivity index (χ1n) is 14.9. The molecule has 11 heteroatoms. The van der Waals surface area contributed by atoms with Gasteiger partial charge in [-0.3, -0.25) is 9.69 Å². The molecule has 0 unspecified atom stereocenters. The zero-order chi connectivity index (χ0) is 32.3.